The molecule has 1 aromatic rings. The van der Waals surface area contributed by atoms with Crippen LogP contribution in [0, 0.1) is 11.8 Å². The summed E-state index contributed by atoms with van der Waals surface area (Å²) in [6.07, 6.45) is 5.34. The fraction of sp³-hybridized carbons (Fsp3) is 0.500. The maximum atomic E-state index is 12.5. The quantitative estimate of drug-likeness (QED) is 0.843. The zero-order chi connectivity index (χ0) is 15.1. The van der Waals surface area contributed by atoms with Crippen LogP contribution in [0.15, 0.2) is 18.5 Å². The molecule has 112 valence electrons. The fourth-order valence-electron chi connectivity index (χ4n) is 2.46. The van der Waals surface area contributed by atoms with Gasteiger partial charge in [-0.2, -0.15) is 0 Å². The molecule has 0 aromatic carbocycles. The van der Waals surface area contributed by atoms with E-state index in [1.807, 2.05) is 11.8 Å². The third-order valence-electron chi connectivity index (χ3n) is 3.39. The van der Waals surface area contributed by atoms with Gasteiger partial charge in [0.1, 0.15) is 0 Å². The first-order chi connectivity index (χ1) is 10.2. The highest BCUT2D eigenvalue weighted by atomic mass is 16.5. The number of amides is 1. The average Bonchev–Trinajstić information content (AvgIpc) is 2.53. The molecular weight excluding hydrogens is 266 g/mol. The number of pyridine rings is 1. The lowest BCUT2D eigenvalue weighted by Gasteiger charge is -2.32. The van der Waals surface area contributed by atoms with Crippen LogP contribution in [0.2, 0.25) is 0 Å². The van der Waals surface area contributed by atoms with Crippen molar-refractivity contribution in [1.82, 2.24) is 9.88 Å². The van der Waals surface area contributed by atoms with Crippen LogP contribution in [-0.4, -0.2) is 48.1 Å². The molecule has 1 amide bonds. The molecule has 21 heavy (non-hydrogen) atoms. The van der Waals surface area contributed by atoms with Crippen molar-refractivity contribution in [2.45, 2.75) is 25.9 Å². The second-order valence-corrected chi connectivity index (χ2v) is 4.94. The predicted molar refractivity (Wildman–Crippen MR) is 80.7 cm³/mol. The minimum atomic E-state index is -0.0108. The van der Waals surface area contributed by atoms with Gasteiger partial charge < -0.3 is 15.4 Å². The van der Waals surface area contributed by atoms with E-state index < -0.39 is 0 Å². The van der Waals surface area contributed by atoms with Gasteiger partial charge in [0.15, 0.2) is 0 Å². The summed E-state index contributed by atoms with van der Waals surface area (Å²) in [5, 5.41) is 0. The van der Waals surface area contributed by atoms with Gasteiger partial charge in [0.05, 0.1) is 18.2 Å². The van der Waals surface area contributed by atoms with Crippen LogP contribution in [0.3, 0.4) is 0 Å². The van der Waals surface area contributed by atoms with E-state index >= 15 is 0 Å². The van der Waals surface area contributed by atoms with Crippen molar-refractivity contribution in [3.63, 3.8) is 0 Å². The Balaban J connectivity index is 2.08. The third-order valence-corrected chi connectivity index (χ3v) is 3.39. The smallest absolute Gasteiger partial charge is 0.255 e. The lowest BCUT2D eigenvalue weighted by Crippen LogP contribution is -2.43. The molecule has 1 atom stereocenters. The SMILES string of the molecule is CCOC1CCCN(C(=O)c2cncc(C#CCN)c2)C1. The standard InChI is InChI=1S/C16H21N3O2/c1-2-21-15-6-4-8-19(12-15)16(20)14-9-13(5-3-7-17)10-18-11-14/h9-11,15H,2,4,6-8,12,17H2,1H3. The molecule has 1 aliphatic rings. The number of likely N-dealkylation sites (tertiary alicyclic amines) is 1. The van der Waals surface area contributed by atoms with E-state index in [0.29, 0.717) is 30.8 Å². The van der Waals surface area contributed by atoms with Crippen molar-refractivity contribution in [2.75, 3.05) is 26.2 Å². The maximum absolute atomic E-state index is 12.5. The van der Waals surface area contributed by atoms with E-state index in [-0.39, 0.29) is 12.0 Å². The van der Waals surface area contributed by atoms with Gasteiger partial charge in [-0.3, -0.25) is 9.78 Å². The van der Waals surface area contributed by atoms with Crippen LogP contribution in [0.1, 0.15) is 35.7 Å². The van der Waals surface area contributed by atoms with Gasteiger partial charge in [-0.1, -0.05) is 11.8 Å². The molecule has 1 unspecified atom stereocenters. The van der Waals surface area contributed by atoms with Gasteiger partial charge in [0, 0.05) is 37.7 Å². The van der Waals surface area contributed by atoms with Gasteiger partial charge in [-0.15, -0.1) is 0 Å². The third kappa shape index (κ3) is 4.28. The Bertz CT molecular complexity index is 546. The van der Waals surface area contributed by atoms with Gasteiger partial charge >= 0.3 is 0 Å². The van der Waals surface area contributed by atoms with E-state index in [1.165, 1.54) is 0 Å². The van der Waals surface area contributed by atoms with Gasteiger partial charge in [0.25, 0.3) is 5.91 Å². The number of ether oxygens (including phenoxy) is 1. The molecule has 2 rings (SSSR count). The second-order valence-electron chi connectivity index (χ2n) is 4.94. The Kier molecular flexibility index (Phi) is 5.73. The molecule has 0 radical (unpaired) electrons. The van der Waals surface area contributed by atoms with Crippen molar-refractivity contribution in [2.24, 2.45) is 5.73 Å². The van der Waals surface area contributed by atoms with E-state index in [0.717, 1.165) is 19.4 Å². The molecule has 1 fully saturated rings. The summed E-state index contributed by atoms with van der Waals surface area (Å²) in [6, 6.07) is 1.77. The summed E-state index contributed by atoms with van der Waals surface area (Å²) in [5.41, 5.74) is 6.63. The molecule has 2 N–H and O–H groups in total. The summed E-state index contributed by atoms with van der Waals surface area (Å²) in [6.45, 7) is 4.36. The highest BCUT2D eigenvalue weighted by Crippen LogP contribution is 2.16. The second kappa shape index (κ2) is 7.77. The number of hydrogen-bond donors (Lipinski definition) is 1. The first-order valence-corrected chi connectivity index (χ1v) is 7.29. The lowest BCUT2D eigenvalue weighted by molar-refractivity contribution is 0.00723. The van der Waals surface area contributed by atoms with Crippen LogP contribution in [0.25, 0.3) is 0 Å². The number of aromatic nitrogens is 1. The molecule has 2 heterocycles. The molecule has 1 saturated heterocycles. The molecule has 0 spiro atoms. The summed E-state index contributed by atoms with van der Waals surface area (Å²) in [7, 11) is 0. The molecule has 0 bridgehead atoms. The van der Waals surface area contributed by atoms with Crippen LogP contribution >= 0.6 is 0 Å². The number of rotatable bonds is 3. The summed E-state index contributed by atoms with van der Waals surface area (Å²) in [4.78, 5) is 18.5. The van der Waals surface area contributed by atoms with Crippen molar-refractivity contribution < 1.29 is 9.53 Å². The number of nitrogens with zero attached hydrogens (tertiary/aromatic N) is 2. The van der Waals surface area contributed by atoms with Crippen LogP contribution in [-0.2, 0) is 4.74 Å². The number of piperidine rings is 1. The zero-order valence-electron chi connectivity index (χ0n) is 12.3. The Morgan fingerprint density at radius 1 is 1.57 bits per heavy atom. The van der Waals surface area contributed by atoms with Crippen molar-refractivity contribution in [3.8, 4) is 11.8 Å². The van der Waals surface area contributed by atoms with Gasteiger partial charge in [0.2, 0.25) is 0 Å². The minimum Gasteiger partial charge on any atom is -0.377 e. The van der Waals surface area contributed by atoms with Gasteiger partial charge in [-0.05, 0) is 25.8 Å². The monoisotopic (exact) mass is 287 g/mol. The molecule has 0 aliphatic carbocycles. The lowest BCUT2D eigenvalue weighted by atomic mass is 10.1. The Morgan fingerprint density at radius 3 is 3.19 bits per heavy atom. The number of hydrogen-bond acceptors (Lipinski definition) is 4. The van der Waals surface area contributed by atoms with E-state index in [1.54, 1.807) is 18.5 Å². The molecule has 1 aliphatic heterocycles. The molecule has 5 heteroatoms. The number of carbonyl (C=O) groups is 1. The first-order valence-electron chi connectivity index (χ1n) is 7.29. The van der Waals surface area contributed by atoms with Crippen LogP contribution < -0.4 is 5.73 Å². The normalized spacial score (nSPS) is 18.0. The fourth-order valence-corrected chi connectivity index (χ4v) is 2.46. The highest BCUT2D eigenvalue weighted by Gasteiger charge is 2.24. The molecule has 5 nitrogen and oxygen atoms in total. The van der Waals surface area contributed by atoms with E-state index in [2.05, 4.69) is 16.8 Å². The van der Waals surface area contributed by atoms with E-state index in [9.17, 15) is 4.79 Å². The van der Waals surface area contributed by atoms with Crippen LogP contribution in [0.4, 0.5) is 0 Å². The topological polar surface area (TPSA) is 68.5 Å². The molecule has 1 aromatic heterocycles. The Labute approximate surface area is 125 Å². The van der Waals surface area contributed by atoms with E-state index in [4.69, 9.17) is 10.5 Å². The number of nitrogens with two attached hydrogens (primary N) is 1. The minimum absolute atomic E-state index is 0.0108. The first kappa shape index (κ1) is 15.5. The predicted octanol–water partition coefficient (Wildman–Crippen LogP) is 1.03. The molecular formula is C16H21N3O2. The largest absolute Gasteiger partial charge is 0.377 e. The summed E-state index contributed by atoms with van der Waals surface area (Å²) < 4.78 is 5.63. The molecule has 0 saturated carbocycles. The average molecular weight is 287 g/mol. The van der Waals surface area contributed by atoms with Crippen molar-refractivity contribution in [1.29, 1.82) is 0 Å². The summed E-state index contributed by atoms with van der Waals surface area (Å²) in [5.74, 6) is 5.65. The highest BCUT2D eigenvalue weighted by molar-refractivity contribution is 5.94. The summed E-state index contributed by atoms with van der Waals surface area (Å²) >= 11 is 0. The number of carbonyl (C=O) groups excluding carboxylic acids is 1. The van der Waals surface area contributed by atoms with Crippen molar-refractivity contribution >= 4 is 5.91 Å². The Hall–Kier alpha value is -1.90. The van der Waals surface area contributed by atoms with Crippen molar-refractivity contribution in [3.05, 3.63) is 29.6 Å². The maximum Gasteiger partial charge on any atom is 0.255 e. The van der Waals surface area contributed by atoms with Gasteiger partial charge in [-0.25, -0.2) is 0 Å². The van der Waals surface area contributed by atoms with Crippen LogP contribution in [0.5, 0.6) is 0 Å². The zero-order valence-corrected chi connectivity index (χ0v) is 12.3. The Morgan fingerprint density at radius 2 is 2.43 bits per heavy atom.